The molecule has 1 aliphatic rings. The maximum Gasteiger partial charge on any atom is 0.412 e. The second-order valence-corrected chi connectivity index (χ2v) is 7.81. The monoisotopic (exact) mass is 351 g/mol. The summed E-state index contributed by atoms with van der Waals surface area (Å²) < 4.78 is 5.39. The smallest absolute Gasteiger partial charge is 0.412 e. The summed E-state index contributed by atoms with van der Waals surface area (Å²) in [6, 6.07) is 2.11. The van der Waals surface area contributed by atoms with Gasteiger partial charge in [-0.2, -0.15) is 0 Å². The molecule has 0 bridgehead atoms. The first-order valence-electron chi connectivity index (χ1n) is 8.42. The van der Waals surface area contributed by atoms with Crippen LogP contribution < -0.4 is 10.6 Å². The van der Waals surface area contributed by atoms with Gasteiger partial charge in [-0.05, 0) is 57.4 Å². The number of ether oxygens (including phenoxy) is 1. The van der Waals surface area contributed by atoms with E-state index in [9.17, 15) is 4.79 Å². The van der Waals surface area contributed by atoms with Crippen molar-refractivity contribution in [3.8, 4) is 0 Å². The summed E-state index contributed by atoms with van der Waals surface area (Å²) in [5, 5.41) is 6.28. The number of rotatable bonds is 3. The molecule has 0 unspecified atom stereocenters. The molecule has 0 spiro atoms. The van der Waals surface area contributed by atoms with E-state index in [-0.39, 0.29) is 0 Å². The SMILES string of the molecule is Cc1c(S)cc(CN2CCNCC2)c(C)c1NC(=O)OC(C)(C)C. The van der Waals surface area contributed by atoms with E-state index < -0.39 is 11.7 Å². The first-order valence-corrected chi connectivity index (χ1v) is 8.87. The van der Waals surface area contributed by atoms with Gasteiger partial charge in [0.1, 0.15) is 5.60 Å². The third kappa shape index (κ3) is 5.13. The number of nitrogens with one attached hydrogen (secondary N) is 2. The van der Waals surface area contributed by atoms with Crippen LogP contribution in [0.5, 0.6) is 0 Å². The Morgan fingerprint density at radius 3 is 2.50 bits per heavy atom. The second-order valence-electron chi connectivity index (χ2n) is 7.33. The van der Waals surface area contributed by atoms with E-state index in [1.807, 2.05) is 34.6 Å². The summed E-state index contributed by atoms with van der Waals surface area (Å²) in [6.07, 6.45) is -0.430. The highest BCUT2D eigenvalue weighted by molar-refractivity contribution is 7.80. The van der Waals surface area contributed by atoms with Crippen molar-refractivity contribution in [2.45, 2.75) is 51.7 Å². The second kappa shape index (κ2) is 7.76. The maximum absolute atomic E-state index is 12.2. The van der Waals surface area contributed by atoms with E-state index in [0.717, 1.165) is 54.4 Å². The van der Waals surface area contributed by atoms with Crippen LogP contribution in [0.2, 0.25) is 0 Å². The number of hydrogen-bond donors (Lipinski definition) is 3. The number of carbonyl (C=O) groups is 1. The van der Waals surface area contributed by atoms with Crippen LogP contribution in [0.1, 0.15) is 37.5 Å². The van der Waals surface area contributed by atoms with Crippen LogP contribution >= 0.6 is 12.6 Å². The van der Waals surface area contributed by atoms with Crippen molar-refractivity contribution >= 4 is 24.4 Å². The van der Waals surface area contributed by atoms with Crippen LogP contribution in [0.3, 0.4) is 0 Å². The van der Waals surface area contributed by atoms with Crippen molar-refractivity contribution in [3.63, 3.8) is 0 Å². The van der Waals surface area contributed by atoms with Crippen molar-refractivity contribution in [3.05, 3.63) is 22.8 Å². The molecule has 1 aliphatic heterocycles. The molecule has 1 heterocycles. The highest BCUT2D eigenvalue weighted by atomic mass is 32.1. The molecule has 1 aromatic rings. The number of carbonyl (C=O) groups excluding carboxylic acids is 1. The topological polar surface area (TPSA) is 53.6 Å². The highest BCUT2D eigenvalue weighted by Gasteiger charge is 2.20. The zero-order chi connectivity index (χ0) is 17.9. The van der Waals surface area contributed by atoms with Crippen LogP contribution in [0.25, 0.3) is 0 Å². The van der Waals surface area contributed by atoms with E-state index in [4.69, 9.17) is 4.74 Å². The molecule has 134 valence electrons. The molecule has 1 saturated heterocycles. The molecule has 2 rings (SSSR count). The van der Waals surface area contributed by atoms with Gasteiger partial charge in [0.15, 0.2) is 0 Å². The molecule has 6 heteroatoms. The van der Waals surface area contributed by atoms with Crippen LogP contribution in [0.15, 0.2) is 11.0 Å². The Kier molecular flexibility index (Phi) is 6.17. The van der Waals surface area contributed by atoms with Gasteiger partial charge in [-0.3, -0.25) is 10.2 Å². The molecule has 0 aliphatic carbocycles. The lowest BCUT2D eigenvalue weighted by atomic mass is 10.0. The van der Waals surface area contributed by atoms with E-state index in [2.05, 4.69) is 34.2 Å². The van der Waals surface area contributed by atoms with Gasteiger partial charge in [0, 0.05) is 37.6 Å². The van der Waals surface area contributed by atoms with E-state index in [1.54, 1.807) is 0 Å². The molecule has 1 aromatic carbocycles. The zero-order valence-corrected chi connectivity index (χ0v) is 16.2. The van der Waals surface area contributed by atoms with Gasteiger partial charge >= 0.3 is 6.09 Å². The predicted octanol–water partition coefficient (Wildman–Crippen LogP) is 3.34. The Labute approximate surface area is 150 Å². The Balaban J connectivity index is 2.22. The van der Waals surface area contributed by atoms with Gasteiger partial charge < -0.3 is 10.1 Å². The average molecular weight is 352 g/mol. The fourth-order valence-corrected chi connectivity index (χ4v) is 3.09. The van der Waals surface area contributed by atoms with Crippen molar-refractivity contribution in [1.82, 2.24) is 10.2 Å². The van der Waals surface area contributed by atoms with Crippen molar-refractivity contribution in [2.75, 3.05) is 31.5 Å². The van der Waals surface area contributed by atoms with Gasteiger partial charge in [-0.15, -0.1) is 12.6 Å². The minimum atomic E-state index is -0.520. The molecule has 1 amide bonds. The average Bonchev–Trinajstić information content (AvgIpc) is 2.48. The lowest BCUT2D eigenvalue weighted by Crippen LogP contribution is -2.43. The minimum Gasteiger partial charge on any atom is -0.444 e. The molecule has 0 saturated carbocycles. The largest absolute Gasteiger partial charge is 0.444 e. The molecule has 1 fully saturated rings. The van der Waals surface area contributed by atoms with Gasteiger partial charge in [0.25, 0.3) is 0 Å². The van der Waals surface area contributed by atoms with Gasteiger partial charge in [-0.1, -0.05) is 0 Å². The molecule has 5 nitrogen and oxygen atoms in total. The van der Waals surface area contributed by atoms with Gasteiger partial charge in [-0.25, -0.2) is 4.79 Å². The lowest BCUT2D eigenvalue weighted by Gasteiger charge is -2.29. The fourth-order valence-electron chi connectivity index (χ4n) is 2.82. The van der Waals surface area contributed by atoms with Crippen LogP contribution in [0.4, 0.5) is 10.5 Å². The number of thiol groups is 1. The number of anilines is 1. The Morgan fingerprint density at radius 1 is 1.29 bits per heavy atom. The van der Waals surface area contributed by atoms with Gasteiger partial charge in [0.05, 0.1) is 5.69 Å². The summed E-state index contributed by atoms with van der Waals surface area (Å²) in [5.41, 5.74) is 3.52. The number of nitrogens with zero attached hydrogens (tertiary/aromatic N) is 1. The molecule has 2 N–H and O–H groups in total. The number of amides is 1. The normalized spacial score (nSPS) is 16.1. The first-order chi connectivity index (χ1) is 11.2. The summed E-state index contributed by atoms with van der Waals surface area (Å²) in [6.45, 7) is 14.5. The van der Waals surface area contributed by atoms with Crippen molar-refractivity contribution < 1.29 is 9.53 Å². The van der Waals surface area contributed by atoms with Crippen molar-refractivity contribution in [2.24, 2.45) is 0 Å². The summed E-state index contributed by atoms with van der Waals surface area (Å²) >= 11 is 4.59. The van der Waals surface area contributed by atoms with Crippen LogP contribution in [-0.4, -0.2) is 42.8 Å². The first kappa shape index (κ1) is 19.1. The number of piperazine rings is 1. The minimum absolute atomic E-state index is 0.430. The molecule has 0 atom stereocenters. The van der Waals surface area contributed by atoms with E-state index >= 15 is 0 Å². The lowest BCUT2D eigenvalue weighted by molar-refractivity contribution is 0.0635. The number of hydrogen-bond acceptors (Lipinski definition) is 5. The molecular weight excluding hydrogens is 322 g/mol. The highest BCUT2D eigenvalue weighted by Crippen LogP contribution is 2.30. The molecule has 24 heavy (non-hydrogen) atoms. The Hall–Kier alpha value is -1.24. The molecule has 0 aromatic heterocycles. The van der Waals surface area contributed by atoms with Gasteiger partial charge in [0.2, 0.25) is 0 Å². The van der Waals surface area contributed by atoms with E-state index in [1.165, 1.54) is 5.56 Å². The Bertz CT molecular complexity index is 605. The summed E-state index contributed by atoms with van der Waals surface area (Å²) in [7, 11) is 0. The summed E-state index contributed by atoms with van der Waals surface area (Å²) in [4.78, 5) is 15.5. The van der Waals surface area contributed by atoms with Crippen molar-refractivity contribution in [1.29, 1.82) is 0 Å². The zero-order valence-electron chi connectivity index (χ0n) is 15.3. The van der Waals surface area contributed by atoms with E-state index in [0.29, 0.717) is 0 Å². The third-order valence-electron chi connectivity index (χ3n) is 4.16. The quantitative estimate of drug-likeness (QED) is 0.731. The van der Waals surface area contributed by atoms with Crippen LogP contribution in [0, 0.1) is 13.8 Å². The standard InChI is InChI=1S/C18H29N3O2S/c1-12-14(11-21-8-6-19-7-9-21)10-15(24)13(2)16(12)20-17(22)23-18(3,4)5/h10,19,24H,6-9,11H2,1-5H3,(H,20,22). The summed E-state index contributed by atoms with van der Waals surface area (Å²) in [5.74, 6) is 0. The third-order valence-corrected chi connectivity index (χ3v) is 4.62. The van der Waals surface area contributed by atoms with Crippen LogP contribution in [-0.2, 0) is 11.3 Å². The fraction of sp³-hybridized carbons (Fsp3) is 0.611. The number of benzene rings is 1. The molecular formula is C18H29N3O2S. The maximum atomic E-state index is 12.2. The Morgan fingerprint density at radius 2 is 1.92 bits per heavy atom. The molecule has 0 radical (unpaired) electrons. The predicted molar refractivity (Wildman–Crippen MR) is 101 cm³/mol.